The van der Waals surface area contributed by atoms with Gasteiger partial charge in [0.1, 0.15) is 5.82 Å². The number of anilines is 1. The molecule has 0 aromatic heterocycles. The lowest BCUT2D eigenvalue weighted by molar-refractivity contribution is 0.214. The first kappa shape index (κ1) is 16.9. The maximum Gasteiger partial charge on any atom is 0.240 e. The topological polar surface area (TPSA) is 92.4 Å². The van der Waals surface area contributed by atoms with Gasteiger partial charge in [-0.3, -0.25) is 0 Å². The Morgan fingerprint density at radius 1 is 1.40 bits per heavy atom. The minimum atomic E-state index is -3.81. The van der Waals surface area contributed by atoms with E-state index in [0.717, 1.165) is 18.2 Å². The number of aliphatic hydroxyl groups is 1. The van der Waals surface area contributed by atoms with Gasteiger partial charge in [-0.2, -0.15) is 0 Å². The fraction of sp³-hybridized carbons (Fsp3) is 0.538. The standard InChI is InChI=1S/C13H21FN2O3S/c1-13(2,3)12(6-7-17)16-20(18,19)9-4-5-10(14)11(15)8-9/h4-5,8,12,16-17H,6-7,15H2,1-3H3. The Bertz CT molecular complexity index is 567. The third-order valence-electron chi connectivity index (χ3n) is 3.04. The highest BCUT2D eigenvalue weighted by Gasteiger charge is 2.29. The number of nitrogens with two attached hydrogens (primary N) is 1. The van der Waals surface area contributed by atoms with Gasteiger partial charge in [-0.05, 0) is 30.0 Å². The number of benzene rings is 1. The van der Waals surface area contributed by atoms with E-state index in [0.29, 0.717) is 6.42 Å². The lowest BCUT2D eigenvalue weighted by Gasteiger charge is -2.30. The van der Waals surface area contributed by atoms with Crippen LogP contribution in [0.5, 0.6) is 0 Å². The summed E-state index contributed by atoms with van der Waals surface area (Å²) in [6.07, 6.45) is 0.291. The highest BCUT2D eigenvalue weighted by atomic mass is 32.2. The molecular weight excluding hydrogens is 283 g/mol. The molecule has 0 aliphatic heterocycles. The number of nitrogen functional groups attached to an aromatic ring is 1. The summed E-state index contributed by atoms with van der Waals surface area (Å²) in [6.45, 7) is 5.48. The van der Waals surface area contributed by atoms with Crippen LogP contribution in [0.2, 0.25) is 0 Å². The SMILES string of the molecule is CC(C)(C)C(CCO)NS(=O)(=O)c1ccc(F)c(N)c1. The molecule has 4 N–H and O–H groups in total. The van der Waals surface area contributed by atoms with Crippen LogP contribution < -0.4 is 10.5 Å². The van der Waals surface area contributed by atoms with Crippen LogP contribution in [0.15, 0.2) is 23.1 Å². The van der Waals surface area contributed by atoms with Gasteiger partial charge in [0.2, 0.25) is 10.0 Å². The van der Waals surface area contributed by atoms with Gasteiger partial charge in [-0.1, -0.05) is 20.8 Å². The summed E-state index contributed by atoms with van der Waals surface area (Å²) in [5.41, 5.74) is 4.81. The Kier molecular flexibility index (Phi) is 5.12. The predicted molar refractivity (Wildman–Crippen MR) is 76.1 cm³/mol. The van der Waals surface area contributed by atoms with Crippen molar-refractivity contribution in [1.29, 1.82) is 0 Å². The molecule has 0 spiro atoms. The van der Waals surface area contributed by atoms with Gasteiger partial charge in [0.25, 0.3) is 0 Å². The normalized spacial score (nSPS) is 14.2. The Morgan fingerprint density at radius 3 is 2.45 bits per heavy atom. The fourth-order valence-corrected chi connectivity index (χ4v) is 3.25. The first-order chi connectivity index (χ1) is 9.08. The minimum Gasteiger partial charge on any atom is -0.396 e. The van der Waals surface area contributed by atoms with E-state index >= 15 is 0 Å². The number of rotatable bonds is 5. The Labute approximate surface area is 119 Å². The molecule has 20 heavy (non-hydrogen) atoms. The summed E-state index contributed by atoms with van der Waals surface area (Å²) in [6, 6.07) is 2.81. The largest absolute Gasteiger partial charge is 0.396 e. The highest BCUT2D eigenvalue weighted by Crippen LogP contribution is 2.24. The smallest absolute Gasteiger partial charge is 0.240 e. The van der Waals surface area contributed by atoms with E-state index in [2.05, 4.69) is 4.72 Å². The first-order valence-corrected chi connectivity index (χ1v) is 7.74. The third-order valence-corrected chi connectivity index (χ3v) is 4.51. The van der Waals surface area contributed by atoms with Gasteiger partial charge in [0.05, 0.1) is 10.6 Å². The van der Waals surface area contributed by atoms with Gasteiger partial charge in [0, 0.05) is 12.6 Å². The zero-order chi connectivity index (χ0) is 15.6. The Balaban J connectivity index is 3.06. The van der Waals surface area contributed by atoms with Crippen molar-refractivity contribution in [1.82, 2.24) is 4.72 Å². The van der Waals surface area contributed by atoms with Crippen molar-refractivity contribution >= 4 is 15.7 Å². The van der Waals surface area contributed by atoms with E-state index in [1.165, 1.54) is 0 Å². The molecule has 114 valence electrons. The Hall–Kier alpha value is -1.18. The summed E-state index contributed by atoms with van der Waals surface area (Å²) >= 11 is 0. The summed E-state index contributed by atoms with van der Waals surface area (Å²) in [4.78, 5) is -0.0939. The van der Waals surface area contributed by atoms with Crippen molar-refractivity contribution in [2.24, 2.45) is 5.41 Å². The molecule has 7 heteroatoms. The summed E-state index contributed by atoms with van der Waals surface area (Å²) in [5, 5.41) is 9.04. The molecule has 0 saturated heterocycles. The van der Waals surface area contributed by atoms with Crippen LogP contribution in [0, 0.1) is 11.2 Å². The molecule has 0 fully saturated rings. The van der Waals surface area contributed by atoms with E-state index < -0.39 is 21.9 Å². The molecule has 5 nitrogen and oxygen atoms in total. The number of hydrogen-bond donors (Lipinski definition) is 3. The molecule has 1 atom stereocenters. The van der Waals surface area contributed by atoms with E-state index in [4.69, 9.17) is 10.8 Å². The zero-order valence-corrected chi connectivity index (χ0v) is 12.7. The van der Waals surface area contributed by atoms with Crippen molar-refractivity contribution in [2.75, 3.05) is 12.3 Å². The monoisotopic (exact) mass is 304 g/mol. The molecule has 1 rings (SSSR count). The van der Waals surface area contributed by atoms with Crippen molar-refractivity contribution in [3.63, 3.8) is 0 Å². The van der Waals surface area contributed by atoms with Crippen molar-refractivity contribution in [3.05, 3.63) is 24.0 Å². The second-order valence-electron chi connectivity index (χ2n) is 5.74. The van der Waals surface area contributed by atoms with Crippen LogP contribution in [0.25, 0.3) is 0 Å². The van der Waals surface area contributed by atoms with E-state index in [-0.39, 0.29) is 22.6 Å². The number of halogens is 1. The summed E-state index contributed by atoms with van der Waals surface area (Å²) < 4.78 is 40.1. The molecule has 0 aliphatic carbocycles. The van der Waals surface area contributed by atoms with Crippen LogP contribution in [0.1, 0.15) is 27.2 Å². The van der Waals surface area contributed by atoms with Crippen LogP contribution in [-0.4, -0.2) is 26.2 Å². The van der Waals surface area contributed by atoms with Gasteiger partial charge in [-0.25, -0.2) is 17.5 Å². The van der Waals surface area contributed by atoms with E-state index in [9.17, 15) is 12.8 Å². The highest BCUT2D eigenvalue weighted by molar-refractivity contribution is 7.89. The maximum atomic E-state index is 13.1. The predicted octanol–water partition coefficient (Wildman–Crippen LogP) is 1.48. The zero-order valence-electron chi connectivity index (χ0n) is 11.9. The van der Waals surface area contributed by atoms with Gasteiger partial charge in [0.15, 0.2) is 0 Å². The van der Waals surface area contributed by atoms with E-state index in [1.807, 2.05) is 20.8 Å². The fourth-order valence-electron chi connectivity index (χ4n) is 1.74. The lowest BCUT2D eigenvalue weighted by Crippen LogP contribution is -2.44. The number of aliphatic hydroxyl groups excluding tert-OH is 1. The van der Waals surface area contributed by atoms with Crippen LogP contribution in [0.3, 0.4) is 0 Å². The molecule has 1 aromatic rings. The quantitative estimate of drug-likeness (QED) is 0.718. The van der Waals surface area contributed by atoms with Crippen LogP contribution >= 0.6 is 0 Å². The molecule has 0 saturated carbocycles. The maximum absolute atomic E-state index is 13.1. The second kappa shape index (κ2) is 6.07. The van der Waals surface area contributed by atoms with Crippen molar-refractivity contribution in [3.8, 4) is 0 Å². The molecule has 0 aliphatic rings. The number of nitrogens with one attached hydrogen (secondary N) is 1. The molecule has 0 amide bonds. The molecule has 1 unspecified atom stereocenters. The summed E-state index contributed by atoms with van der Waals surface area (Å²) in [7, 11) is -3.81. The summed E-state index contributed by atoms with van der Waals surface area (Å²) in [5.74, 6) is -0.660. The van der Waals surface area contributed by atoms with Crippen LogP contribution in [0.4, 0.5) is 10.1 Å². The Morgan fingerprint density at radius 2 is 2.00 bits per heavy atom. The lowest BCUT2D eigenvalue weighted by atomic mass is 9.86. The third kappa shape index (κ3) is 4.16. The first-order valence-electron chi connectivity index (χ1n) is 6.26. The average Bonchev–Trinajstić information content (AvgIpc) is 2.30. The number of hydrogen-bond acceptors (Lipinski definition) is 4. The number of sulfonamides is 1. The van der Waals surface area contributed by atoms with Crippen LogP contribution in [-0.2, 0) is 10.0 Å². The van der Waals surface area contributed by atoms with Gasteiger partial charge < -0.3 is 10.8 Å². The van der Waals surface area contributed by atoms with Crippen molar-refractivity contribution < 1.29 is 17.9 Å². The molecule has 1 aromatic carbocycles. The minimum absolute atomic E-state index is 0.0939. The van der Waals surface area contributed by atoms with Crippen molar-refractivity contribution in [2.45, 2.75) is 38.1 Å². The molecular formula is C13H21FN2O3S. The second-order valence-corrected chi connectivity index (χ2v) is 7.45. The molecule has 0 heterocycles. The molecule has 0 bridgehead atoms. The average molecular weight is 304 g/mol. The van der Waals surface area contributed by atoms with Gasteiger partial charge >= 0.3 is 0 Å². The van der Waals surface area contributed by atoms with E-state index in [1.54, 1.807) is 0 Å². The van der Waals surface area contributed by atoms with Gasteiger partial charge in [-0.15, -0.1) is 0 Å². The molecule has 0 radical (unpaired) electrons.